The number of rotatable bonds is 3. The van der Waals surface area contributed by atoms with E-state index in [1.165, 1.54) is 11.8 Å². The van der Waals surface area contributed by atoms with E-state index in [-0.39, 0.29) is 5.91 Å². The van der Waals surface area contributed by atoms with Crippen molar-refractivity contribution in [3.63, 3.8) is 0 Å². The first-order chi connectivity index (χ1) is 9.47. The second kappa shape index (κ2) is 6.47. The second-order valence-electron chi connectivity index (χ2n) is 3.94. The maximum atomic E-state index is 12.2. The molecule has 0 N–H and O–H groups in total. The van der Waals surface area contributed by atoms with Gasteiger partial charge in [-0.25, -0.2) is 0 Å². The van der Waals surface area contributed by atoms with Crippen LogP contribution in [0, 0.1) is 0 Å². The minimum absolute atomic E-state index is 0.0827. The quantitative estimate of drug-likeness (QED) is 0.565. The number of hydrogen-bond donors (Lipinski definition) is 0. The van der Waals surface area contributed by atoms with Crippen molar-refractivity contribution >= 4 is 67.8 Å². The SMILES string of the molecule is CCN1C(=O)/C(=C/c2cc(Br)cc(Cl)c2OC)SC1=S. The third-order valence-electron chi connectivity index (χ3n) is 2.72. The van der Waals surface area contributed by atoms with E-state index in [9.17, 15) is 4.79 Å². The largest absolute Gasteiger partial charge is 0.495 e. The van der Waals surface area contributed by atoms with Crippen molar-refractivity contribution in [1.29, 1.82) is 0 Å². The van der Waals surface area contributed by atoms with Crippen LogP contribution in [0.2, 0.25) is 5.02 Å². The number of nitrogens with zero attached hydrogens (tertiary/aromatic N) is 1. The molecule has 20 heavy (non-hydrogen) atoms. The van der Waals surface area contributed by atoms with Gasteiger partial charge in [0.1, 0.15) is 10.1 Å². The van der Waals surface area contributed by atoms with Crippen molar-refractivity contribution in [2.75, 3.05) is 13.7 Å². The fraction of sp³-hybridized carbons (Fsp3) is 0.231. The fourth-order valence-electron chi connectivity index (χ4n) is 1.82. The van der Waals surface area contributed by atoms with Crippen LogP contribution >= 0.6 is 51.5 Å². The van der Waals surface area contributed by atoms with Gasteiger partial charge >= 0.3 is 0 Å². The van der Waals surface area contributed by atoms with Crippen LogP contribution in [0.15, 0.2) is 21.5 Å². The van der Waals surface area contributed by atoms with Crippen LogP contribution in [0.3, 0.4) is 0 Å². The summed E-state index contributed by atoms with van der Waals surface area (Å²) in [6.45, 7) is 2.46. The number of amides is 1. The van der Waals surface area contributed by atoms with Crippen molar-refractivity contribution < 1.29 is 9.53 Å². The highest BCUT2D eigenvalue weighted by atomic mass is 79.9. The van der Waals surface area contributed by atoms with E-state index >= 15 is 0 Å². The number of thioether (sulfide) groups is 1. The highest BCUT2D eigenvalue weighted by Crippen LogP contribution is 2.37. The standard InChI is InChI=1S/C13H11BrClNO2S2/c1-3-16-12(17)10(20-13(16)19)5-7-4-8(14)6-9(15)11(7)18-2/h4-6H,3H2,1-2H3/b10-5-. The van der Waals surface area contributed by atoms with Gasteiger partial charge in [-0.2, -0.15) is 0 Å². The van der Waals surface area contributed by atoms with E-state index < -0.39 is 0 Å². The Bertz CT molecular complexity index is 619. The molecular formula is C13H11BrClNO2S2. The molecule has 0 atom stereocenters. The molecular weight excluding hydrogens is 382 g/mol. The molecule has 1 fully saturated rings. The van der Waals surface area contributed by atoms with Gasteiger partial charge in [0, 0.05) is 16.6 Å². The number of methoxy groups -OCH3 is 1. The van der Waals surface area contributed by atoms with E-state index in [4.69, 9.17) is 28.6 Å². The molecule has 1 amide bonds. The summed E-state index contributed by atoms with van der Waals surface area (Å²) in [6, 6.07) is 3.60. The zero-order chi connectivity index (χ0) is 14.9. The Kier molecular flexibility index (Phi) is 5.12. The molecule has 1 aromatic rings. The molecule has 0 bridgehead atoms. The van der Waals surface area contributed by atoms with E-state index in [0.717, 1.165) is 10.0 Å². The molecule has 1 aliphatic heterocycles. The highest BCUT2D eigenvalue weighted by Gasteiger charge is 2.30. The van der Waals surface area contributed by atoms with Crippen LogP contribution in [0.5, 0.6) is 5.75 Å². The summed E-state index contributed by atoms with van der Waals surface area (Å²) in [5.74, 6) is 0.456. The molecule has 0 saturated carbocycles. The Morgan fingerprint density at radius 2 is 2.25 bits per heavy atom. The molecule has 2 rings (SSSR count). The topological polar surface area (TPSA) is 29.5 Å². The molecule has 0 aliphatic carbocycles. The van der Waals surface area contributed by atoms with Gasteiger partial charge in [0.25, 0.3) is 5.91 Å². The lowest BCUT2D eigenvalue weighted by Gasteiger charge is -2.10. The van der Waals surface area contributed by atoms with Crippen LogP contribution in [0.4, 0.5) is 0 Å². The van der Waals surface area contributed by atoms with E-state index in [1.54, 1.807) is 24.2 Å². The number of benzene rings is 1. The minimum atomic E-state index is -0.0827. The van der Waals surface area contributed by atoms with Gasteiger partial charge < -0.3 is 4.74 Å². The molecule has 3 nitrogen and oxygen atoms in total. The summed E-state index contributed by atoms with van der Waals surface area (Å²) in [5.41, 5.74) is 0.739. The van der Waals surface area contributed by atoms with Crippen molar-refractivity contribution in [3.05, 3.63) is 32.1 Å². The van der Waals surface area contributed by atoms with E-state index in [0.29, 0.717) is 26.5 Å². The molecule has 0 unspecified atom stereocenters. The Labute approximate surface area is 140 Å². The van der Waals surface area contributed by atoms with Gasteiger partial charge in [-0.1, -0.05) is 51.5 Å². The normalized spacial score (nSPS) is 17.2. The lowest BCUT2D eigenvalue weighted by atomic mass is 10.2. The zero-order valence-electron chi connectivity index (χ0n) is 10.8. The average Bonchev–Trinajstić information content (AvgIpc) is 2.63. The minimum Gasteiger partial charge on any atom is -0.495 e. The fourth-order valence-corrected chi connectivity index (χ4v) is 4.10. The summed E-state index contributed by atoms with van der Waals surface area (Å²) in [5, 5.41) is 0.485. The number of halogens is 2. The maximum Gasteiger partial charge on any atom is 0.266 e. The Hall–Kier alpha value is -0.560. The summed E-state index contributed by atoms with van der Waals surface area (Å²) >= 11 is 16.0. The van der Waals surface area contributed by atoms with E-state index in [1.807, 2.05) is 13.0 Å². The summed E-state index contributed by atoms with van der Waals surface area (Å²) in [4.78, 5) is 14.3. The zero-order valence-corrected chi connectivity index (χ0v) is 14.8. The predicted octanol–water partition coefficient (Wildman–Crippen LogP) is 4.33. The molecule has 7 heteroatoms. The number of ether oxygens (including phenoxy) is 1. The average molecular weight is 393 g/mol. The summed E-state index contributed by atoms with van der Waals surface area (Å²) in [7, 11) is 1.55. The van der Waals surface area contributed by atoms with Gasteiger partial charge in [-0.15, -0.1) is 0 Å². The second-order valence-corrected chi connectivity index (χ2v) is 6.93. The van der Waals surface area contributed by atoms with Crippen molar-refractivity contribution in [2.24, 2.45) is 0 Å². The highest BCUT2D eigenvalue weighted by molar-refractivity contribution is 9.10. The smallest absolute Gasteiger partial charge is 0.266 e. The Morgan fingerprint density at radius 1 is 1.55 bits per heavy atom. The Morgan fingerprint density at radius 3 is 2.80 bits per heavy atom. The molecule has 1 heterocycles. The van der Waals surface area contributed by atoms with Gasteiger partial charge in [0.05, 0.1) is 17.0 Å². The lowest BCUT2D eigenvalue weighted by molar-refractivity contribution is -0.121. The van der Waals surface area contributed by atoms with Crippen LogP contribution in [-0.4, -0.2) is 28.8 Å². The Balaban J connectivity index is 2.46. The number of hydrogen-bond acceptors (Lipinski definition) is 4. The van der Waals surface area contributed by atoms with Crippen LogP contribution in [0.1, 0.15) is 12.5 Å². The third kappa shape index (κ3) is 3.03. The van der Waals surface area contributed by atoms with Crippen molar-refractivity contribution in [3.8, 4) is 5.75 Å². The molecule has 1 aromatic carbocycles. The van der Waals surface area contributed by atoms with Gasteiger partial charge in [0.15, 0.2) is 0 Å². The molecule has 0 aromatic heterocycles. The predicted molar refractivity (Wildman–Crippen MR) is 91.3 cm³/mol. The number of carbonyl (C=O) groups is 1. The van der Waals surface area contributed by atoms with Crippen LogP contribution < -0.4 is 4.74 Å². The number of likely N-dealkylation sites (N-methyl/N-ethyl adjacent to an activating group) is 1. The lowest BCUT2D eigenvalue weighted by Crippen LogP contribution is -2.27. The monoisotopic (exact) mass is 391 g/mol. The first kappa shape index (κ1) is 15.8. The van der Waals surface area contributed by atoms with Crippen LogP contribution in [0.25, 0.3) is 6.08 Å². The summed E-state index contributed by atoms with van der Waals surface area (Å²) < 4.78 is 6.69. The molecule has 106 valence electrons. The number of carbonyl (C=O) groups excluding carboxylic acids is 1. The van der Waals surface area contributed by atoms with Gasteiger partial charge in [0.2, 0.25) is 0 Å². The maximum absolute atomic E-state index is 12.2. The third-order valence-corrected chi connectivity index (χ3v) is 4.83. The van der Waals surface area contributed by atoms with E-state index in [2.05, 4.69) is 15.9 Å². The molecule has 0 spiro atoms. The first-order valence-electron chi connectivity index (χ1n) is 5.76. The van der Waals surface area contributed by atoms with Crippen molar-refractivity contribution in [2.45, 2.75) is 6.92 Å². The molecule has 1 aliphatic rings. The summed E-state index contributed by atoms with van der Waals surface area (Å²) in [6.07, 6.45) is 1.75. The number of thiocarbonyl (C=S) groups is 1. The van der Waals surface area contributed by atoms with Gasteiger partial charge in [-0.3, -0.25) is 9.69 Å². The molecule has 0 radical (unpaired) electrons. The molecule has 1 saturated heterocycles. The van der Waals surface area contributed by atoms with Gasteiger partial charge in [-0.05, 0) is 25.1 Å². The first-order valence-corrected chi connectivity index (χ1v) is 8.16. The van der Waals surface area contributed by atoms with Crippen LogP contribution in [-0.2, 0) is 4.79 Å². The van der Waals surface area contributed by atoms with Crippen molar-refractivity contribution in [1.82, 2.24) is 4.90 Å².